The summed E-state index contributed by atoms with van der Waals surface area (Å²) in [6.07, 6.45) is -0.517. The SMILES string of the molecule is Cc1cc(NC(=O)[C@@H](C)OC(=O)[C@@H]2COc3ccc(Cl)cc3C2)no1. The molecular weight excluding hydrogens is 348 g/mol. The van der Waals surface area contributed by atoms with Crippen LogP contribution in [-0.2, 0) is 20.7 Å². The van der Waals surface area contributed by atoms with Crippen molar-refractivity contribution in [1.29, 1.82) is 0 Å². The molecule has 2 atom stereocenters. The average Bonchev–Trinajstić information content (AvgIpc) is 2.98. The van der Waals surface area contributed by atoms with Crippen LogP contribution >= 0.6 is 11.6 Å². The van der Waals surface area contributed by atoms with Crippen LogP contribution in [0.5, 0.6) is 5.75 Å². The number of anilines is 1. The molecule has 1 aromatic heterocycles. The summed E-state index contributed by atoms with van der Waals surface area (Å²) in [6.45, 7) is 3.40. The van der Waals surface area contributed by atoms with Gasteiger partial charge in [-0.3, -0.25) is 9.59 Å². The second-order valence-electron chi connectivity index (χ2n) is 5.86. The summed E-state index contributed by atoms with van der Waals surface area (Å²) in [7, 11) is 0. The van der Waals surface area contributed by atoms with Crippen molar-refractivity contribution in [2.45, 2.75) is 26.4 Å². The summed E-state index contributed by atoms with van der Waals surface area (Å²) in [6, 6.07) is 6.84. The number of nitrogens with one attached hydrogen (secondary N) is 1. The molecule has 0 radical (unpaired) electrons. The fraction of sp³-hybridized carbons (Fsp3) is 0.353. The lowest BCUT2D eigenvalue weighted by atomic mass is 9.97. The van der Waals surface area contributed by atoms with Crippen LogP contribution in [0.1, 0.15) is 18.2 Å². The van der Waals surface area contributed by atoms with E-state index in [1.165, 1.54) is 6.92 Å². The van der Waals surface area contributed by atoms with Crippen LogP contribution in [0.25, 0.3) is 0 Å². The third-order valence-electron chi connectivity index (χ3n) is 3.80. The minimum absolute atomic E-state index is 0.199. The number of esters is 1. The van der Waals surface area contributed by atoms with Crippen molar-refractivity contribution < 1.29 is 23.6 Å². The molecule has 8 heteroatoms. The minimum Gasteiger partial charge on any atom is -0.492 e. The van der Waals surface area contributed by atoms with Crippen LogP contribution in [0, 0.1) is 12.8 Å². The topological polar surface area (TPSA) is 90.7 Å². The molecule has 2 aromatic rings. The van der Waals surface area contributed by atoms with Gasteiger partial charge in [-0.25, -0.2) is 0 Å². The number of hydrogen-bond donors (Lipinski definition) is 1. The molecule has 2 heterocycles. The molecule has 1 amide bonds. The molecule has 1 aliphatic rings. The molecule has 0 spiro atoms. The van der Waals surface area contributed by atoms with Crippen molar-refractivity contribution in [3.8, 4) is 5.75 Å². The normalized spacial score (nSPS) is 17.2. The second-order valence-corrected chi connectivity index (χ2v) is 6.29. The first-order chi connectivity index (χ1) is 11.9. The van der Waals surface area contributed by atoms with E-state index in [1.54, 1.807) is 31.2 Å². The van der Waals surface area contributed by atoms with Crippen molar-refractivity contribution in [3.63, 3.8) is 0 Å². The number of fused-ring (bicyclic) bond motifs is 1. The Bertz CT molecular complexity index is 804. The van der Waals surface area contributed by atoms with Gasteiger partial charge in [0.05, 0.1) is 5.92 Å². The lowest BCUT2D eigenvalue weighted by molar-refractivity contribution is -0.158. The summed E-state index contributed by atoms with van der Waals surface area (Å²) in [5, 5.41) is 6.76. The number of aryl methyl sites for hydroxylation is 1. The smallest absolute Gasteiger partial charge is 0.313 e. The zero-order chi connectivity index (χ0) is 18.0. The monoisotopic (exact) mass is 364 g/mol. The lowest BCUT2D eigenvalue weighted by Gasteiger charge is -2.25. The summed E-state index contributed by atoms with van der Waals surface area (Å²) >= 11 is 5.97. The van der Waals surface area contributed by atoms with E-state index in [4.69, 9.17) is 25.6 Å². The largest absolute Gasteiger partial charge is 0.492 e. The zero-order valence-corrected chi connectivity index (χ0v) is 14.5. The van der Waals surface area contributed by atoms with E-state index in [9.17, 15) is 9.59 Å². The Morgan fingerprint density at radius 2 is 2.20 bits per heavy atom. The van der Waals surface area contributed by atoms with Gasteiger partial charge in [-0.1, -0.05) is 16.8 Å². The first-order valence-corrected chi connectivity index (χ1v) is 8.16. The van der Waals surface area contributed by atoms with Crippen molar-refractivity contribution in [2.75, 3.05) is 11.9 Å². The Morgan fingerprint density at radius 3 is 2.92 bits per heavy atom. The minimum atomic E-state index is -0.967. The van der Waals surface area contributed by atoms with E-state index >= 15 is 0 Å². The van der Waals surface area contributed by atoms with E-state index < -0.39 is 23.9 Å². The number of ether oxygens (including phenoxy) is 2. The number of rotatable bonds is 4. The van der Waals surface area contributed by atoms with Gasteiger partial charge in [-0.05, 0) is 44.0 Å². The van der Waals surface area contributed by atoms with Gasteiger partial charge in [-0.2, -0.15) is 0 Å². The Kier molecular flexibility index (Phi) is 4.94. The highest BCUT2D eigenvalue weighted by Gasteiger charge is 2.30. The van der Waals surface area contributed by atoms with Crippen LogP contribution < -0.4 is 10.1 Å². The van der Waals surface area contributed by atoms with Crippen molar-refractivity contribution in [2.24, 2.45) is 5.92 Å². The molecule has 0 bridgehead atoms. The van der Waals surface area contributed by atoms with Crippen LogP contribution in [0.4, 0.5) is 5.82 Å². The van der Waals surface area contributed by atoms with E-state index in [0.29, 0.717) is 23.0 Å². The quantitative estimate of drug-likeness (QED) is 0.839. The fourth-order valence-corrected chi connectivity index (χ4v) is 2.69. The lowest BCUT2D eigenvalue weighted by Crippen LogP contribution is -2.36. The number of amides is 1. The van der Waals surface area contributed by atoms with E-state index in [2.05, 4.69) is 10.5 Å². The number of aromatic nitrogens is 1. The maximum absolute atomic E-state index is 12.3. The van der Waals surface area contributed by atoms with Gasteiger partial charge in [0.2, 0.25) is 0 Å². The number of carbonyl (C=O) groups is 2. The number of halogens is 1. The van der Waals surface area contributed by atoms with Crippen LogP contribution in [-0.4, -0.2) is 29.7 Å². The Balaban J connectivity index is 1.57. The van der Waals surface area contributed by atoms with Gasteiger partial charge in [0.1, 0.15) is 18.1 Å². The molecular formula is C17H17ClN2O5. The maximum Gasteiger partial charge on any atom is 0.313 e. The summed E-state index contributed by atoms with van der Waals surface area (Å²) in [5.74, 6) is 0.0779. The second kappa shape index (κ2) is 7.14. The first kappa shape index (κ1) is 17.3. The molecule has 0 saturated carbocycles. The first-order valence-electron chi connectivity index (χ1n) is 7.78. The Hall–Kier alpha value is -2.54. The van der Waals surface area contributed by atoms with E-state index in [-0.39, 0.29) is 12.4 Å². The van der Waals surface area contributed by atoms with Crippen LogP contribution in [0.15, 0.2) is 28.8 Å². The highest BCUT2D eigenvalue weighted by molar-refractivity contribution is 6.30. The van der Waals surface area contributed by atoms with Gasteiger partial charge in [0, 0.05) is 11.1 Å². The molecule has 1 aliphatic heterocycles. The van der Waals surface area contributed by atoms with E-state index in [0.717, 1.165) is 5.56 Å². The standard InChI is InChI=1S/C17H17ClN2O5/c1-9-5-15(20-25-9)19-16(21)10(2)24-17(22)12-6-11-7-13(18)3-4-14(11)23-8-12/h3-5,7,10,12H,6,8H2,1-2H3,(H,19,20,21)/t10-,12+/m1/s1. The van der Waals surface area contributed by atoms with Crippen LogP contribution in [0.2, 0.25) is 5.02 Å². The molecule has 0 fully saturated rings. The van der Waals surface area contributed by atoms with Gasteiger partial charge >= 0.3 is 5.97 Å². The van der Waals surface area contributed by atoms with Crippen LogP contribution in [0.3, 0.4) is 0 Å². The number of carbonyl (C=O) groups excluding carboxylic acids is 2. The molecule has 25 heavy (non-hydrogen) atoms. The number of benzene rings is 1. The molecule has 7 nitrogen and oxygen atoms in total. The number of nitrogens with zero attached hydrogens (tertiary/aromatic N) is 1. The predicted octanol–water partition coefficient (Wildman–Crippen LogP) is 2.76. The highest BCUT2D eigenvalue weighted by Crippen LogP contribution is 2.30. The van der Waals surface area contributed by atoms with Crippen molar-refractivity contribution >= 4 is 29.3 Å². The highest BCUT2D eigenvalue weighted by atomic mass is 35.5. The van der Waals surface area contributed by atoms with Gasteiger partial charge in [0.15, 0.2) is 11.9 Å². The molecule has 0 aliphatic carbocycles. The third kappa shape index (κ3) is 4.11. The van der Waals surface area contributed by atoms with Crippen molar-refractivity contribution in [1.82, 2.24) is 5.16 Å². The average molecular weight is 365 g/mol. The zero-order valence-electron chi connectivity index (χ0n) is 13.7. The molecule has 1 N–H and O–H groups in total. The fourth-order valence-electron chi connectivity index (χ4n) is 2.49. The summed E-state index contributed by atoms with van der Waals surface area (Å²) in [4.78, 5) is 24.4. The number of hydrogen-bond acceptors (Lipinski definition) is 6. The molecule has 132 valence electrons. The maximum atomic E-state index is 12.3. The molecule has 0 unspecified atom stereocenters. The summed E-state index contributed by atoms with van der Waals surface area (Å²) < 4.78 is 15.7. The molecule has 0 saturated heterocycles. The molecule has 3 rings (SSSR count). The van der Waals surface area contributed by atoms with Gasteiger partial charge in [-0.15, -0.1) is 0 Å². The summed E-state index contributed by atoms with van der Waals surface area (Å²) in [5.41, 5.74) is 0.843. The third-order valence-corrected chi connectivity index (χ3v) is 4.04. The predicted molar refractivity (Wildman–Crippen MR) is 89.6 cm³/mol. The van der Waals surface area contributed by atoms with Gasteiger partial charge in [0.25, 0.3) is 5.91 Å². The Labute approximate surface area is 149 Å². The van der Waals surface area contributed by atoms with Crippen molar-refractivity contribution in [3.05, 3.63) is 40.6 Å². The Morgan fingerprint density at radius 1 is 1.40 bits per heavy atom. The molecule has 1 aromatic carbocycles. The van der Waals surface area contributed by atoms with E-state index in [1.807, 2.05) is 0 Å². The van der Waals surface area contributed by atoms with Gasteiger partial charge < -0.3 is 19.3 Å².